The lowest BCUT2D eigenvalue weighted by Gasteiger charge is -2.14. The van der Waals surface area contributed by atoms with Gasteiger partial charge in [0.05, 0.1) is 18.7 Å². The summed E-state index contributed by atoms with van der Waals surface area (Å²) in [4.78, 5) is 11.7. The average molecular weight is 301 g/mol. The Hall–Kier alpha value is -2.40. The van der Waals surface area contributed by atoms with E-state index >= 15 is 0 Å². The van der Waals surface area contributed by atoms with Crippen molar-refractivity contribution in [2.75, 3.05) is 12.4 Å². The monoisotopic (exact) mass is 301 g/mol. The van der Waals surface area contributed by atoms with E-state index in [0.717, 1.165) is 0 Å². The highest BCUT2D eigenvalue weighted by Crippen LogP contribution is 2.37. The number of benzene rings is 2. The van der Waals surface area contributed by atoms with Gasteiger partial charge in [-0.3, -0.25) is 4.79 Å². The number of amides is 1. The fourth-order valence-corrected chi connectivity index (χ4v) is 2.63. The maximum atomic E-state index is 14.1. The number of rotatable bonds is 3. The van der Waals surface area contributed by atoms with E-state index < -0.39 is 17.8 Å². The molecule has 22 heavy (non-hydrogen) atoms. The van der Waals surface area contributed by atoms with Crippen LogP contribution in [0.4, 0.5) is 10.1 Å². The second-order valence-corrected chi connectivity index (χ2v) is 5.35. The van der Waals surface area contributed by atoms with Crippen LogP contribution in [0.5, 0.6) is 5.75 Å². The number of anilines is 1. The van der Waals surface area contributed by atoms with Crippen LogP contribution in [0.2, 0.25) is 0 Å². The van der Waals surface area contributed by atoms with Crippen LogP contribution in [0, 0.1) is 5.82 Å². The van der Waals surface area contributed by atoms with Gasteiger partial charge in [-0.05, 0) is 47.9 Å². The number of halogens is 1. The third-order valence-electron chi connectivity index (χ3n) is 4.00. The topological polar surface area (TPSA) is 58.6 Å². The van der Waals surface area contributed by atoms with Crippen molar-refractivity contribution in [2.45, 2.75) is 18.9 Å². The summed E-state index contributed by atoms with van der Waals surface area (Å²) in [6, 6.07) is 9.84. The first kappa shape index (κ1) is 14.5. The van der Waals surface area contributed by atoms with Crippen LogP contribution in [-0.4, -0.2) is 18.1 Å². The molecule has 2 aromatic rings. The average Bonchev–Trinajstić information content (AvgIpc) is 2.83. The molecule has 0 spiro atoms. The van der Waals surface area contributed by atoms with Gasteiger partial charge in [-0.25, -0.2) is 4.39 Å². The molecule has 1 aliphatic heterocycles. The molecule has 0 radical (unpaired) electrons. The fourth-order valence-electron chi connectivity index (χ4n) is 2.63. The first-order valence-electron chi connectivity index (χ1n) is 6.97. The summed E-state index contributed by atoms with van der Waals surface area (Å²) in [5.74, 6) is -0.505. The van der Waals surface area contributed by atoms with E-state index in [9.17, 15) is 14.3 Å². The number of hydrogen-bond donors (Lipinski definition) is 2. The van der Waals surface area contributed by atoms with Crippen LogP contribution < -0.4 is 10.1 Å². The van der Waals surface area contributed by atoms with Crippen molar-refractivity contribution in [3.05, 3.63) is 58.9 Å². The van der Waals surface area contributed by atoms with Gasteiger partial charge in [0, 0.05) is 0 Å². The first-order chi connectivity index (χ1) is 10.5. The van der Waals surface area contributed by atoms with E-state index in [2.05, 4.69) is 5.32 Å². The molecule has 0 aliphatic carbocycles. The highest BCUT2D eigenvalue weighted by Gasteiger charge is 2.30. The summed E-state index contributed by atoms with van der Waals surface area (Å²) in [5, 5.41) is 13.0. The van der Waals surface area contributed by atoms with E-state index in [1.165, 1.54) is 6.07 Å². The summed E-state index contributed by atoms with van der Waals surface area (Å²) >= 11 is 0. The Morgan fingerprint density at radius 3 is 2.55 bits per heavy atom. The number of carbonyl (C=O) groups is 1. The van der Waals surface area contributed by atoms with Crippen molar-refractivity contribution in [1.29, 1.82) is 0 Å². The lowest BCUT2D eigenvalue weighted by atomic mass is 9.95. The Bertz CT molecular complexity index is 727. The second-order valence-electron chi connectivity index (χ2n) is 5.35. The molecule has 1 amide bonds. The zero-order valence-corrected chi connectivity index (χ0v) is 12.3. The number of aliphatic hydroxyl groups excluding tert-OH is 1. The number of fused-ring (bicyclic) bond motifs is 1. The van der Waals surface area contributed by atoms with Gasteiger partial charge in [0.1, 0.15) is 17.7 Å². The van der Waals surface area contributed by atoms with E-state index in [1.54, 1.807) is 44.4 Å². The van der Waals surface area contributed by atoms with E-state index in [1.807, 2.05) is 0 Å². The molecule has 114 valence electrons. The van der Waals surface area contributed by atoms with Crippen molar-refractivity contribution in [1.82, 2.24) is 0 Å². The number of methoxy groups -OCH3 is 1. The summed E-state index contributed by atoms with van der Waals surface area (Å²) < 4.78 is 19.2. The normalized spacial score (nSPS) is 17.8. The summed E-state index contributed by atoms with van der Waals surface area (Å²) in [5.41, 5.74) is 1.84. The molecule has 0 fully saturated rings. The van der Waals surface area contributed by atoms with Crippen molar-refractivity contribution >= 4 is 11.6 Å². The number of nitrogens with one attached hydrogen (secondary N) is 1. The zero-order chi connectivity index (χ0) is 15.9. The van der Waals surface area contributed by atoms with Gasteiger partial charge in [0.25, 0.3) is 0 Å². The molecule has 3 rings (SSSR count). The van der Waals surface area contributed by atoms with Gasteiger partial charge in [-0.2, -0.15) is 0 Å². The van der Waals surface area contributed by atoms with Crippen LogP contribution >= 0.6 is 0 Å². The summed E-state index contributed by atoms with van der Waals surface area (Å²) in [6.45, 7) is 1.71. The summed E-state index contributed by atoms with van der Waals surface area (Å²) in [7, 11) is 1.56. The maximum Gasteiger partial charge on any atom is 0.231 e. The molecule has 0 saturated heterocycles. The van der Waals surface area contributed by atoms with Crippen LogP contribution in [0.1, 0.15) is 35.6 Å². The van der Waals surface area contributed by atoms with Gasteiger partial charge in [-0.1, -0.05) is 12.1 Å². The largest absolute Gasteiger partial charge is 0.497 e. The predicted molar refractivity (Wildman–Crippen MR) is 80.5 cm³/mol. The number of carbonyl (C=O) groups excluding carboxylic acids is 1. The fraction of sp³-hybridized carbons (Fsp3) is 0.235. The molecule has 2 aromatic carbocycles. The molecule has 0 bridgehead atoms. The molecular weight excluding hydrogens is 285 g/mol. The molecule has 4 nitrogen and oxygen atoms in total. The van der Waals surface area contributed by atoms with Gasteiger partial charge in [-0.15, -0.1) is 0 Å². The van der Waals surface area contributed by atoms with Gasteiger partial charge >= 0.3 is 0 Å². The van der Waals surface area contributed by atoms with Crippen molar-refractivity contribution in [3.8, 4) is 5.75 Å². The molecule has 5 heteroatoms. The molecule has 2 N–H and O–H groups in total. The molecule has 2 unspecified atom stereocenters. The maximum absolute atomic E-state index is 14.1. The van der Waals surface area contributed by atoms with Crippen LogP contribution in [-0.2, 0) is 4.79 Å². The lowest BCUT2D eigenvalue weighted by Crippen LogP contribution is -2.08. The van der Waals surface area contributed by atoms with E-state index in [4.69, 9.17) is 4.74 Å². The highest BCUT2D eigenvalue weighted by molar-refractivity contribution is 6.02. The number of aliphatic hydroxyl groups is 1. The van der Waals surface area contributed by atoms with Crippen molar-refractivity contribution in [2.24, 2.45) is 0 Å². The Morgan fingerprint density at radius 2 is 1.91 bits per heavy atom. The molecule has 0 aromatic heterocycles. The Kier molecular flexibility index (Phi) is 3.58. The molecule has 2 atom stereocenters. The Labute approximate surface area is 127 Å². The molecule has 0 saturated carbocycles. The minimum absolute atomic E-state index is 0.211. The Morgan fingerprint density at radius 1 is 1.23 bits per heavy atom. The third-order valence-corrected chi connectivity index (χ3v) is 4.00. The van der Waals surface area contributed by atoms with Crippen LogP contribution in [0.3, 0.4) is 0 Å². The first-order valence-corrected chi connectivity index (χ1v) is 6.97. The van der Waals surface area contributed by atoms with Crippen molar-refractivity contribution in [3.63, 3.8) is 0 Å². The molecular formula is C17H16FNO3. The quantitative estimate of drug-likeness (QED) is 0.916. The number of hydrogen-bond acceptors (Lipinski definition) is 3. The third kappa shape index (κ3) is 2.33. The second kappa shape index (κ2) is 5.42. The lowest BCUT2D eigenvalue weighted by molar-refractivity contribution is -0.116. The molecule has 1 aliphatic rings. The van der Waals surface area contributed by atoms with Crippen molar-refractivity contribution < 1.29 is 19.0 Å². The minimum atomic E-state index is -0.964. The zero-order valence-electron chi connectivity index (χ0n) is 12.3. The van der Waals surface area contributed by atoms with E-state index in [0.29, 0.717) is 22.4 Å². The predicted octanol–water partition coefficient (Wildman–Crippen LogP) is 2.97. The standard InChI is InChI=1S/C17H16FNO3/c1-9-13-7-11(8-14(18)15(13)19-17(9)21)16(20)10-3-5-12(22-2)6-4-10/h3-9,16,20H,1-2H3,(H,19,21). The molecule has 1 heterocycles. The van der Waals surface area contributed by atoms with Crippen LogP contribution in [0.15, 0.2) is 36.4 Å². The van der Waals surface area contributed by atoms with Gasteiger partial charge in [0.15, 0.2) is 0 Å². The summed E-state index contributed by atoms with van der Waals surface area (Å²) in [6.07, 6.45) is -0.964. The van der Waals surface area contributed by atoms with Crippen LogP contribution in [0.25, 0.3) is 0 Å². The van der Waals surface area contributed by atoms with Gasteiger partial charge < -0.3 is 15.2 Å². The minimum Gasteiger partial charge on any atom is -0.497 e. The van der Waals surface area contributed by atoms with E-state index in [-0.39, 0.29) is 11.6 Å². The van der Waals surface area contributed by atoms with Gasteiger partial charge in [0.2, 0.25) is 5.91 Å². The highest BCUT2D eigenvalue weighted by atomic mass is 19.1. The SMILES string of the molecule is COc1ccc(C(O)c2cc(F)c3c(c2)C(C)C(=O)N3)cc1. The smallest absolute Gasteiger partial charge is 0.231 e. The Balaban J connectivity index is 1.98. The number of ether oxygens (including phenoxy) is 1.